The van der Waals surface area contributed by atoms with Gasteiger partial charge in [-0.1, -0.05) is 0 Å². The Hall–Kier alpha value is -3.03. The molecule has 0 saturated carbocycles. The molecular weight excluding hydrogens is 252 g/mol. The van der Waals surface area contributed by atoms with Crippen molar-refractivity contribution in [2.45, 2.75) is 0 Å². The van der Waals surface area contributed by atoms with Crippen LogP contribution in [0.4, 0.5) is 16.2 Å². The molecule has 0 aliphatic heterocycles. The summed E-state index contributed by atoms with van der Waals surface area (Å²) in [6.07, 6.45) is 2.91. The van der Waals surface area contributed by atoms with Crippen LogP contribution in [0.15, 0.2) is 30.6 Å². The Balaban J connectivity index is 2.05. The van der Waals surface area contributed by atoms with E-state index < -0.39 is 17.7 Å². The van der Waals surface area contributed by atoms with Crippen molar-refractivity contribution in [3.05, 3.63) is 36.2 Å². The van der Waals surface area contributed by atoms with E-state index in [1.165, 1.54) is 24.5 Å². The Morgan fingerprint density at radius 1 is 1.21 bits per heavy atom. The average Bonchev–Trinajstić information content (AvgIpc) is 2.81. The van der Waals surface area contributed by atoms with E-state index in [0.29, 0.717) is 5.69 Å². The molecule has 98 valence electrons. The quantitative estimate of drug-likeness (QED) is 0.572. The molecule has 0 spiro atoms. The van der Waals surface area contributed by atoms with Crippen LogP contribution in [0.3, 0.4) is 0 Å². The van der Waals surface area contributed by atoms with Crippen LogP contribution in [0.5, 0.6) is 5.75 Å². The molecule has 0 unspecified atom stereocenters. The molecule has 0 saturated heterocycles. The third kappa shape index (κ3) is 3.00. The molecule has 1 aromatic carbocycles. The summed E-state index contributed by atoms with van der Waals surface area (Å²) in [5, 5.41) is 29.3. The number of aromatic nitrogens is 2. The number of nitrogens with one attached hydrogen (secondary N) is 3. The predicted molar refractivity (Wildman–Crippen MR) is 66.3 cm³/mol. The Labute approximate surface area is 107 Å². The van der Waals surface area contributed by atoms with Gasteiger partial charge in [-0.05, 0) is 12.1 Å². The lowest BCUT2D eigenvalue weighted by atomic mass is 10.2. The zero-order valence-electron chi connectivity index (χ0n) is 9.54. The number of H-pyrrole nitrogens is 1. The second-order valence-electron chi connectivity index (χ2n) is 3.60. The first kappa shape index (κ1) is 12.4. The van der Waals surface area contributed by atoms with Gasteiger partial charge >= 0.3 is 12.0 Å². The summed E-state index contributed by atoms with van der Waals surface area (Å²) in [6, 6.07) is 3.19. The number of hydrogen-bond donors (Lipinski definition) is 5. The van der Waals surface area contributed by atoms with E-state index >= 15 is 0 Å². The molecule has 0 aliphatic rings. The molecule has 0 fully saturated rings. The lowest BCUT2D eigenvalue weighted by molar-refractivity contribution is 0.0694. The fraction of sp³-hybridized carbons (Fsp3) is 0. The standard InChI is InChI=1S/C11H10N4O4/c16-9-3-6(1-2-8(9)10(17)18)14-11(19)15-7-4-12-13-5-7/h1-5,16H,(H,12,13)(H,17,18)(H2,14,15,19). The number of aromatic carboxylic acids is 1. The molecule has 19 heavy (non-hydrogen) atoms. The molecule has 2 rings (SSSR count). The summed E-state index contributed by atoms with van der Waals surface area (Å²) in [5.74, 6) is -1.67. The van der Waals surface area contributed by atoms with Crippen LogP contribution in [0.2, 0.25) is 0 Å². The summed E-state index contributed by atoms with van der Waals surface area (Å²) in [5.41, 5.74) is 0.508. The van der Waals surface area contributed by atoms with Crippen LogP contribution in [0.1, 0.15) is 10.4 Å². The molecule has 0 radical (unpaired) electrons. The number of anilines is 2. The van der Waals surface area contributed by atoms with Crippen molar-refractivity contribution in [1.82, 2.24) is 10.2 Å². The van der Waals surface area contributed by atoms with Crippen LogP contribution in [-0.4, -0.2) is 32.4 Å². The van der Waals surface area contributed by atoms with E-state index in [1.807, 2.05) is 0 Å². The minimum absolute atomic E-state index is 0.235. The summed E-state index contributed by atoms with van der Waals surface area (Å²) in [7, 11) is 0. The SMILES string of the molecule is O=C(Nc1cn[nH]c1)Nc1ccc(C(=O)O)c(O)c1. The summed E-state index contributed by atoms with van der Waals surface area (Å²) in [6.45, 7) is 0. The van der Waals surface area contributed by atoms with E-state index in [4.69, 9.17) is 5.11 Å². The zero-order valence-corrected chi connectivity index (χ0v) is 9.54. The van der Waals surface area contributed by atoms with E-state index in [-0.39, 0.29) is 11.3 Å². The summed E-state index contributed by atoms with van der Waals surface area (Å²) < 4.78 is 0. The number of phenols is 1. The number of rotatable bonds is 3. The van der Waals surface area contributed by atoms with E-state index in [2.05, 4.69) is 20.8 Å². The van der Waals surface area contributed by atoms with Crippen molar-refractivity contribution in [2.75, 3.05) is 10.6 Å². The van der Waals surface area contributed by atoms with Crippen molar-refractivity contribution in [1.29, 1.82) is 0 Å². The Kier molecular flexibility index (Phi) is 3.33. The maximum atomic E-state index is 11.5. The lowest BCUT2D eigenvalue weighted by Crippen LogP contribution is -2.19. The number of amides is 2. The molecule has 0 atom stereocenters. The highest BCUT2D eigenvalue weighted by atomic mass is 16.4. The number of hydrogen-bond acceptors (Lipinski definition) is 4. The van der Waals surface area contributed by atoms with Gasteiger partial charge < -0.3 is 20.8 Å². The van der Waals surface area contributed by atoms with Gasteiger partial charge in [0.15, 0.2) is 0 Å². The van der Waals surface area contributed by atoms with E-state index in [1.54, 1.807) is 0 Å². The molecule has 1 heterocycles. The van der Waals surface area contributed by atoms with Gasteiger partial charge in [0.25, 0.3) is 0 Å². The Morgan fingerprint density at radius 2 is 1.95 bits per heavy atom. The molecule has 8 heteroatoms. The minimum atomic E-state index is -1.24. The van der Waals surface area contributed by atoms with Gasteiger partial charge in [0.2, 0.25) is 0 Å². The summed E-state index contributed by atoms with van der Waals surface area (Å²) in [4.78, 5) is 22.2. The van der Waals surface area contributed by atoms with Crippen molar-refractivity contribution >= 4 is 23.4 Å². The third-order valence-corrected chi connectivity index (χ3v) is 2.24. The average molecular weight is 262 g/mol. The maximum Gasteiger partial charge on any atom is 0.339 e. The Morgan fingerprint density at radius 3 is 2.53 bits per heavy atom. The highest BCUT2D eigenvalue weighted by Crippen LogP contribution is 2.22. The van der Waals surface area contributed by atoms with E-state index in [9.17, 15) is 14.7 Å². The Bertz CT molecular complexity index is 609. The number of aromatic amines is 1. The van der Waals surface area contributed by atoms with Crippen LogP contribution >= 0.6 is 0 Å². The molecule has 0 aliphatic carbocycles. The molecule has 5 N–H and O–H groups in total. The number of nitrogens with zero attached hydrogens (tertiary/aromatic N) is 1. The van der Waals surface area contributed by atoms with Crippen molar-refractivity contribution in [3.63, 3.8) is 0 Å². The fourth-order valence-electron chi connectivity index (χ4n) is 1.40. The molecule has 1 aromatic heterocycles. The maximum absolute atomic E-state index is 11.5. The number of benzene rings is 1. The molecule has 0 bridgehead atoms. The molecular formula is C11H10N4O4. The van der Waals surface area contributed by atoms with Gasteiger partial charge in [-0.15, -0.1) is 0 Å². The van der Waals surface area contributed by atoms with Crippen molar-refractivity contribution < 1.29 is 19.8 Å². The minimum Gasteiger partial charge on any atom is -0.507 e. The topological polar surface area (TPSA) is 127 Å². The first-order valence-corrected chi connectivity index (χ1v) is 5.19. The van der Waals surface area contributed by atoms with Gasteiger partial charge in [0.05, 0.1) is 11.9 Å². The monoisotopic (exact) mass is 262 g/mol. The van der Waals surface area contributed by atoms with Gasteiger partial charge in [-0.2, -0.15) is 5.10 Å². The number of carbonyl (C=O) groups is 2. The van der Waals surface area contributed by atoms with Gasteiger partial charge in [0, 0.05) is 18.0 Å². The first-order valence-electron chi connectivity index (χ1n) is 5.19. The fourth-order valence-corrected chi connectivity index (χ4v) is 1.40. The lowest BCUT2D eigenvalue weighted by Gasteiger charge is -2.07. The largest absolute Gasteiger partial charge is 0.507 e. The molecule has 8 nitrogen and oxygen atoms in total. The highest BCUT2D eigenvalue weighted by molar-refractivity contribution is 6.00. The van der Waals surface area contributed by atoms with Gasteiger partial charge in [0.1, 0.15) is 11.3 Å². The van der Waals surface area contributed by atoms with Crippen LogP contribution < -0.4 is 10.6 Å². The molecule has 2 amide bonds. The van der Waals surface area contributed by atoms with Crippen LogP contribution in [-0.2, 0) is 0 Å². The second kappa shape index (κ2) is 5.08. The smallest absolute Gasteiger partial charge is 0.339 e. The second-order valence-corrected chi connectivity index (χ2v) is 3.60. The van der Waals surface area contributed by atoms with Gasteiger partial charge in [-0.3, -0.25) is 5.10 Å². The van der Waals surface area contributed by atoms with Crippen molar-refractivity contribution in [2.24, 2.45) is 0 Å². The summed E-state index contributed by atoms with van der Waals surface area (Å²) >= 11 is 0. The number of carboxylic acid groups (broad SMARTS) is 1. The zero-order chi connectivity index (χ0) is 13.8. The molecule has 2 aromatic rings. The normalized spacial score (nSPS) is 9.89. The van der Waals surface area contributed by atoms with Gasteiger partial charge in [-0.25, -0.2) is 9.59 Å². The van der Waals surface area contributed by atoms with E-state index in [0.717, 1.165) is 6.07 Å². The predicted octanol–water partition coefficient (Wildman–Crippen LogP) is 1.46. The number of urea groups is 1. The highest BCUT2D eigenvalue weighted by Gasteiger charge is 2.11. The number of carboxylic acids is 1. The van der Waals surface area contributed by atoms with Crippen molar-refractivity contribution in [3.8, 4) is 5.75 Å². The number of carbonyl (C=O) groups excluding carboxylic acids is 1. The first-order chi connectivity index (χ1) is 9.06. The third-order valence-electron chi connectivity index (χ3n) is 2.24. The van der Waals surface area contributed by atoms with Crippen LogP contribution in [0.25, 0.3) is 0 Å². The number of aromatic hydroxyl groups is 1. The van der Waals surface area contributed by atoms with Crippen LogP contribution in [0, 0.1) is 0 Å².